The lowest BCUT2D eigenvalue weighted by Gasteiger charge is -2.16. The van der Waals surface area contributed by atoms with Crippen molar-refractivity contribution in [2.45, 2.75) is 6.18 Å². The first kappa shape index (κ1) is 13.8. The summed E-state index contributed by atoms with van der Waals surface area (Å²) in [6.45, 7) is 0. The quantitative estimate of drug-likeness (QED) is 0.457. The van der Waals surface area contributed by atoms with E-state index >= 15 is 0 Å². The topological polar surface area (TPSA) is 29.3 Å². The molecule has 1 aromatic carbocycles. The van der Waals surface area contributed by atoms with Crippen molar-refractivity contribution in [2.24, 2.45) is 5.73 Å². The van der Waals surface area contributed by atoms with Crippen molar-refractivity contribution in [1.29, 1.82) is 0 Å². The average Bonchev–Trinajstić information content (AvgIpc) is 2.15. The van der Waals surface area contributed by atoms with Gasteiger partial charge in [-0.3, -0.25) is 3.11 Å². The molecule has 16 heavy (non-hydrogen) atoms. The van der Waals surface area contributed by atoms with Gasteiger partial charge in [-0.15, -0.1) is 0 Å². The van der Waals surface area contributed by atoms with E-state index in [1.165, 1.54) is 9.18 Å². The number of benzene rings is 1. The third-order valence-electron chi connectivity index (χ3n) is 1.68. The summed E-state index contributed by atoms with van der Waals surface area (Å²) in [5.41, 5.74) is 4.62. The lowest BCUT2D eigenvalue weighted by Crippen LogP contribution is -2.26. The highest BCUT2D eigenvalue weighted by Gasteiger charge is 2.33. The van der Waals surface area contributed by atoms with Gasteiger partial charge in [0.1, 0.15) is 0 Å². The molecule has 0 amide bonds. The molecule has 88 valence electrons. The molecular formula is C8H5ClF3IN2S. The van der Waals surface area contributed by atoms with Gasteiger partial charge in [-0.1, -0.05) is 11.6 Å². The van der Waals surface area contributed by atoms with Gasteiger partial charge in [0, 0.05) is 0 Å². The van der Waals surface area contributed by atoms with Crippen molar-refractivity contribution in [1.82, 2.24) is 0 Å². The van der Waals surface area contributed by atoms with Gasteiger partial charge in [-0.2, -0.15) is 13.2 Å². The van der Waals surface area contributed by atoms with Crippen molar-refractivity contribution < 1.29 is 13.2 Å². The van der Waals surface area contributed by atoms with Gasteiger partial charge in [0.05, 0.1) is 39.1 Å². The zero-order chi connectivity index (χ0) is 12.5. The third kappa shape index (κ3) is 3.11. The predicted molar refractivity (Wildman–Crippen MR) is 69.7 cm³/mol. The van der Waals surface area contributed by atoms with E-state index < -0.39 is 11.7 Å². The minimum Gasteiger partial charge on any atom is -0.375 e. The van der Waals surface area contributed by atoms with Crippen molar-refractivity contribution >= 4 is 57.5 Å². The molecule has 0 fully saturated rings. The molecule has 0 aromatic heterocycles. The summed E-state index contributed by atoms with van der Waals surface area (Å²) in [5, 5.41) is -0.389. The number of nitrogens with zero attached hydrogens (tertiary/aromatic N) is 1. The molecule has 0 aliphatic heterocycles. The van der Waals surface area contributed by atoms with Crippen molar-refractivity contribution in [2.75, 3.05) is 3.11 Å². The first-order valence-electron chi connectivity index (χ1n) is 3.85. The molecule has 0 radical (unpaired) electrons. The molecule has 0 aliphatic rings. The third-order valence-corrected chi connectivity index (χ3v) is 3.59. The van der Waals surface area contributed by atoms with E-state index in [9.17, 15) is 13.2 Å². The summed E-state index contributed by atoms with van der Waals surface area (Å²) in [6, 6.07) is 3.46. The molecule has 0 atom stereocenters. The number of hydrogen-bond donors (Lipinski definition) is 1. The smallest absolute Gasteiger partial charge is 0.375 e. The van der Waals surface area contributed by atoms with E-state index in [1.54, 1.807) is 22.9 Å². The lowest BCUT2D eigenvalue weighted by atomic mass is 10.2. The Morgan fingerprint density at radius 2 is 2.00 bits per heavy atom. The molecule has 0 saturated carbocycles. The molecule has 2 nitrogen and oxygen atoms in total. The Morgan fingerprint density at radius 3 is 2.44 bits per heavy atom. The van der Waals surface area contributed by atoms with E-state index in [0.29, 0.717) is 0 Å². The Hall–Kier alpha value is -0.280. The highest BCUT2D eigenvalue weighted by Crippen LogP contribution is 2.37. The molecule has 0 bridgehead atoms. The summed E-state index contributed by atoms with van der Waals surface area (Å²) in [5.74, 6) is 0. The standard InChI is InChI=1S/C8H5ClF3IN2S/c9-6-2-1-4(15(13)7(14)16)3-5(6)8(10,11)12/h1-3H,(H2,14,16). The fourth-order valence-electron chi connectivity index (χ4n) is 0.980. The van der Waals surface area contributed by atoms with Gasteiger partial charge in [0.2, 0.25) is 0 Å². The highest BCUT2D eigenvalue weighted by atomic mass is 127. The van der Waals surface area contributed by atoms with E-state index in [4.69, 9.17) is 17.3 Å². The minimum atomic E-state index is -4.50. The van der Waals surface area contributed by atoms with Crippen LogP contribution in [0.1, 0.15) is 5.56 Å². The zero-order valence-corrected chi connectivity index (χ0v) is 11.3. The number of alkyl halides is 3. The van der Waals surface area contributed by atoms with Crippen LogP contribution in [0.2, 0.25) is 5.02 Å². The Bertz CT molecular complexity index is 424. The van der Waals surface area contributed by atoms with E-state index in [1.807, 2.05) is 0 Å². The molecule has 0 aliphatic carbocycles. The summed E-state index contributed by atoms with van der Waals surface area (Å²) < 4.78 is 38.8. The van der Waals surface area contributed by atoms with E-state index in [0.717, 1.165) is 12.1 Å². The molecule has 0 saturated heterocycles. The van der Waals surface area contributed by atoms with Crippen molar-refractivity contribution in [3.05, 3.63) is 28.8 Å². The molecule has 0 unspecified atom stereocenters. The Kier molecular flexibility index (Phi) is 4.24. The summed E-state index contributed by atoms with van der Waals surface area (Å²) in [6.07, 6.45) is -4.50. The fourth-order valence-corrected chi connectivity index (χ4v) is 1.61. The number of rotatable bonds is 1. The average molecular weight is 381 g/mol. The largest absolute Gasteiger partial charge is 0.417 e. The maximum Gasteiger partial charge on any atom is 0.417 e. The lowest BCUT2D eigenvalue weighted by molar-refractivity contribution is -0.137. The summed E-state index contributed by atoms with van der Waals surface area (Å²) >= 11 is 11.8. The monoisotopic (exact) mass is 380 g/mol. The number of halogens is 5. The Balaban J connectivity index is 3.23. The number of nitrogens with two attached hydrogens (primary N) is 1. The van der Waals surface area contributed by atoms with E-state index in [2.05, 4.69) is 12.2 Å². The van der Waals surface area contributed by atoms with Crippen LogP contribution in [0.25, 0.3) is 0 Å². The van der Waals surface area contributed by atoms with Crippen molar-refractivity contribution in [3.63, 3.8) is 0 Å². The summed E-state index contributed by atoms with van der Waals surface area (Å²) in [4.78, 5) is 0. The molecular weight excluding hydrogens is 376 g/mol. The molecule has 8 heteroatoms. The molecule has 0 heterocycles. The van der Waals surface area contributed by atoms with Crippen LogP contribution in [0.4, 0.5) is 18.9 Å². The van der Waals surface area contributed by atoms with Crippen LogP contribution in [-0.4, -0.2) is 5.11 Å². The van der Waals surface area contributed by atoms with Gasteiger partial charge < -0.3 is 5.73 Å². The minimum absolute atomic E-state index is 0.0314. The Morgan fingerprint density at radius 1 is 1.44 bits per heavy atom. The number of hydrogen-bond acceptors (Lipinski definition) is 1. The van der Waals surface area contributed by atoms with Crippen molar-refractivity contribution in [3.8, 4) is 0 Å². The van der Waals surface area contributed by atoms with Gasteiger partial charge in [0.15, 0.2) is 5.11 Å². The van der Waals surface area contributed by atoms with Gasteiger partial charge in [-0.05, 0) is 30.4 Å². The molecule has 1 aromatic rings. The maximum absolute atomic E-state index is 12.5. The number of anilines is 1. The second kappa shape index (κ2) is 4.92. The van der Waals surface area contributed by atoms with Crippen LogP contribution in [0, 0.1) is 0 Å². The first-order valence-corrected chi connectivity index (χ1v) is 5.60. The first-order chi connectivity index (χ1) is 7.23. The molecule has 1 rings (SSSR count). The van der Waals surface area contributed by atoms with Gasteiger partial charge in [-0.25, -0.2) is 0 Å². The van der Waals surface area contributed by atoms with Gasteiger partial charge >= 0.3 is 6.18 Å². The SMILES string of the molecule is NC(=S)N(I)c1ccc(Cl)c(C(F)(F)F)c1. The fraction of sp³-hybridized carbons (Fsp3) is 0.125. The normalized spacial score (nSPS) is 11.3. The van der Waals surface area contributed by atoms with Crippen LogP contribution < -0.4 is 8.85 Å². The maximum atomic E-state index is 12.5. The van der Waals surface area contributed by atoms with Crippen LogP contribution in [0.3, 0.4) is 0 Å². The highest BCUT2D eigenvalue weighted by molar-refractivity contribution is 14.1. The van der Waals surface area contributed by atoms with Crippen LogP contribution in [0.5, 0.6) is 0 Å². The second-order valence-corrected chi connectivity index (χ2v) is 4.57. The predicted octanol–water partition coefficient (Wildman–Crippen LogP) is 3.76. The number of thiocarbonyl (C=S) groups is 1. The van der Waals surface area contributed by atoms with Crippen LogP contribution in [0.15, 0.2) is 18.2 Å². The van der Waals surface area contributed by atoms with Gasteiger partial charge in [0.25, 0.3) is 0 Å². The summed E-state index contributed by atoms with van der Waals surface area (Å²) in [7, 11) is 0. The van der Waals surface area contributed by atoms with Crippen LogP contribution in [-0.2, 0) is 6.18 Å². The van der Waals surface area contributed by atoms with E-state index in [-0.39, 0.29) is 15.8 Å². The molecule has 0 spiro atoms. The molecule has 2 N–H and O–H groups in total. The van der Waals surface area contributed by atoms with Crippen LogP contribution >= 0.6 is 46.7 Å². The Labute approximate surface area is 114 Å². The zero-order valence-electron chi connectivity index (χ0n) is 7.55. The second-order valence-electron chi connectivity index (χ2n) is 2.78.